The van der Waals surface area contributed by atoms with Gasteiger partial charge in [0.25, 0.3) is 0 Å². The number of halogens is 1. The van der Waals surface area contributed by atoms with Crippen molar-refractivity contribution in [2.45, 2.75) is 45.3 Å². The van der Waals surface area contributed by atoms with Crippen LogP contribution in [0.4, 0.5) is 4.39 Å². The first-order valence-corrected chi connectivity index (χ1v) is 6.88. The van der Waals surface area contributed by atoms with Crippen LogP contribution >= 0.6 is 0 Å². The summed E-state index contributed by atoms with van der Waals surface area (Å²) in [5, 5.41) is 3.46. The Kier molecular flexibility index (Phi) is 4.72. The summed E-state index contributed by atoms with van der Waals surface area (Å²) in [4.78, 5) is 2.16. The van der Waals surface area contributed by atoms with Crippen molar-refractivity contribution in [2.24, 2.45) is 0 Å². The molecule has 0 aliphatic heterocycles. The Labute approximate surface area is 109 Å². The fraction of sp³-hybridized carbons (Fsp3) is 0.600. The van der Waals surface area contributed by atoms with E-state index in [0.29, 0.717) is 12.6 Å². The SMILES string of the molecule is CCCN(C)Cc1cc(CNC2CC2)ccc1F. The number of hydrogen-bond acceptors (Lipinski definition) is 2. The van der Waals surface area contributed by atoms with Crippen molar-refractivity contribution in [1.82, 2.24) is 10.2 Å². The monoisotopic (exact) mass is 250 g/mol. The highest BCUT2D eigenvalue weighted by Gasteiger charge is 2.20. The van der Waals surface area contributed by atoms with Crippen LogP contribution in [-0.2, 0) is 13.1 Å². The van der Waals surface area contributed by atoms with Crippen LogP contribution in [0.5, 0.6) is 0 Å². The quantitative estimate of drug-likeness (QED) is 0.800. The van der Waals surface area contributed by atoms with E-state index in [1.165, 1.54) is 18.4 Å². The van der Waals surface area contributed by atoms with Gasteiger partial charge < -0.3 is 10.2 Å². The molecule has 1 fully saturated rings. The molecule has 0 heterocycles. The highest BCUT2D eigenvalue weighted by atomic mass is 19.1. The molecule has 3 heteroatoms. The Bertz CT molecular complexity index is 388. The Morgan fingerprint density at radius 3 is 2.83 bits per heavy atom. The number of nitrogens with zero attached hydrogens (tertiary/aromatic N) is 1. The minimum Gasteiger partial charge on any atom is -0.310 e. The summed E-state index contributed by atoms with van der Waals surface area (Å²) < 4.78 is 13.7. The third-order valence-electron chi connectivity index (χ3n) is 3.33. The Morgan fingerprint density at radius 2 is 2.17 bits per heavy atom. The van der Waals surface area contributed by atoms with Crippen LogP contribution in [0.3, 0.4) is 0 Å². The largest absolute Gasteiger partial charge is 0.310 e. The maximum atomic E-state index is 13.7. The standard InChI is InChI=1S/C15H23FN2/c1-3-8-18(2)11-13-9-12(4-7-15(13)16)10-17-14-5-6-14/h4,7,9,14,17H,3,5-6,8,10-11H2,1-2H3. The first-order chi connectivity index (χ1) is 8.69. The lowest BCUT2D eigenvalue weighted by Gasteiger charge is -2.16. The molecule has 100 valence electrons. The molecule has 2 nitrogen and oxygen atoms in total. The van der Waals surface area contributed by atoms with Gasteiger partial charge >= 0.3 is 0 Å². The van der Waals surface area contributed by atoms with Gasteiger partial charge in [-0.25, -0.2) is 4.39 Å². The first-order valence-electron chi connectivity index (χ1n) is 6.88. The zero-order chi connectivity index (χ0) is 13.0. The zero-order valence-electron chi connectivity index (χ0n) is 11.4. The predicted octanol–water partition coefficient (Wildman–Crippen LogP) is 2.92. The highest BCUT2D eigenvalue weighted by Crippen LogP contribution is 2.20. The summed E-state index contributed by atoms with van der Waals surface area (Å²) in [7, 11) is 2.04. The van der Waals surface area contributed by atoms with Gasteiger partial charge in [0.2, 0.25) is 0 Å². The van der Waals surface area contributed by atoms with E-state index in [1.54, 1.807) is 6.07 Å². The first kappa shape index (κ1) is 13.5. The molecule has 0 atom stereocenters. The molecule has 1 aromatic carbocycles. The van der Waals surface area contributed by atoms with Crippen molar-refractivity contribution in [3.63, 3.8) is 0 Å². The van der Waals surface area contributed by atoms with Gasteiger partial charge in [-0.15, -0.1) is 0 Å². The second-order valence-electron chi connectivity index (χ2n) is 5.32. The van der Waals surface area contributed by atoms with E-state index in [1.807, 2.05) is 19.2 Å². The van der Waals surface area contributed by atoms with Crippen LogP contribution in [0.2, 0.25) is 0 Å². The van der Waals surface area contributed by atoms with Crippen LogP contribution in [0, 0.1) is 5.82 Å². The summed E-state index contributed by atoms with van der Waals surface area (Å²) in [5.74, 6) is -0.0897. The maximum absolute atomic E-state index is 13.7. The van der Waals surface area contributed by atoms with Gasteiger partial charge in [-0.3, -0.25) is 0 Å². The molecule has 1 aliphatic rings. The molecular weight excluding hydrogens is 227 g/mol. The molecule has 1 saturated carbocycles. The van der Waals surface area contributed by atoms with Gasteiger partial charge in [0.15, 0.2) is 0 Å². The van der Waals surface area contributed by atoms with Gasteiger partial charge in [0, 0.05) is 24.7 Å². The number of hydrogen-bond donors (Lipinski definition) is 1. The molecule has 0 bridgehead atoms. The van der Waals surface area contributed by atoms with Crippen LogP contribution in [-0.4, -0.2) is 24.5 Å². The summed E-state index contributed by atoms with van der Waals surface area (Å²) in [5.41, 5.74) is 1.99. The van der Waals surface area contributed by atoms with Crippen LogP contribution in [0.25, 0.3) is 0 Å². The fourth-order valence-electron chi connectivity index (χ4n) is 2.16. The topological polar surface area (TPSA) is 15.3 Å². The Morgan fingerprint density at radius 1 is 1.39 bits per heavy atom. The molecule has 18 heavy (non-hydrogen) atoms. The van der Waals surface area contributed by atoms with E-state index in [9.17, 15) is 4.39 Å². The smallest absolute Gasteiger partial charge is 0.127 e. The van der Waals surface area contributed by atoms with Crippen molar-refractivity contribution in [3.8, 4) is 0 Å². The molecule has 0 saturated heterocycles. The molecular formula is C15H23FN2. The van der Waals surface area contributed by atoms with E-state index in [-0.39, 0.29) is 5.82 Å². The number of nitrogens with one attached hydrogen (secondary N) is 1. The van der Waals surface area contributed by atoms with Crippen LogP contribution in [0.15, 0.2) is 18.2 Å². The van der Waals surface area contributed by atoms with Crippen LogP contribution < -0.4 is 5.32 Å². The molecule has 0 aromatic heterocycles. The fourth-order valence-corrected chi connectivity index (χ4v) is 2.16. The molecule has 1 aliphatic carbocycles. The van der Waals surface area contributed by atoms with Gasteiger partial charge in [0.05, 0.1) is 0 Å². The van der Waals surface area contributed by atoms with Gasteiger partial charge in [-0.1, -0.05) is 19.1 Å². The number of benzene rings is 1. The van der Waals surface area contributed by atoms with Crippen molar-refractivity contribution in [3.05, 3.63) is 35.1 Å². The second kappa shape index (κ2) is 6.30. The van der Waals surface area contributed by atoms with Crippen molar-refractivity contribution in [1.29, 1.82) is 0 Å². The minimum atomic E-state index is -0.0897. The lowest BCUT2D eigenvalue weighted by molar-refractivity contribution is 0.322. The highest BCUT2D eigenvalue weighted by molar-refractivity contribution is 5.25. The summed E-state index contributed by atoms with van der Waals surface area (Å²) >= 11 is 0. The number of rotatable bonds is 7. The minimum absolute atomic E-state index is 0.0897. The molecule has 0 unspecified atom stereocenters. The summed E-state index contributed by atoms with van der Waals surface area (Å²) in [6.45, 7) is 4.69. The van der Waals surface area contributed by atoms with Crippen molar-refractivity contribution >= 4 is 0 Å². The normalized spacial score (nSPS) is 15.3. The lowest BCUT2D eigenvalue weighted by Crippen LogP contribution is -2.20. The third kappa shape index (κ3) is 4.07. The Balaban J connectivity index is 1.95. The average molecular weight is 250 g/mol. The average Bonchev–Trinajstić information content (AvgIpc) is 3.14. The summed E-state index contributed by atoms with van der Waals surface area (Å²) in [6.07, 6.45) is 3.67. The van der Waals surface area contributed by atoms with Gasteiger partial charge in [0.1, 0.15) is 5.82 Å². The summed E-state index contributed by atoms with van der Waals surface area (Å²) in [6, 6.07) is 6.17. The molecule has 0 spiro atoms. The van der Waals surface area contributed by atoms with Crippen LogP contribution in [0.1, 0.15) is 37.3 Å². The van der Waals surface area contributed by atoms with E-state index in [0.717, 1.165) is 25.1 Å². The molecule has 0 amide bonds. The maximum Gasteiger partial charge on any atom is 0.127 e. The molecule has 2 rings (SSSR count). The van der Waals surface area contributed by atoms with E-state index < -0.39 is 0 Å². The third-order valence-corrected chi connectivity index (χ3v) is 3.33. The van der Waals surface area contributed by atoms with Gasteiger partial charge in [-0.05, 0) is 44.5 Å². The Hall–Kier alpha value is -0.930. The van der Waals surface area contributed by atoms with Gasteiger partial charge in [-0.2, -0.15) is 0 Å². The van der Waals surface area contributed by atoms with E-state index in [2.05, 4.69) is 17.1 Å². The predicted molar refractivity (Wildman–Crippen MR) is 72.9 cm³/mol. The van der Waals surface area contributed by atoms with Crippen molar-refractivity contribution < 1.29 is 4.39 Å². The molecule has 1 N–H and O–H groups in total. The van der Waals surface area contributed by atoms with E-state index >= 15 is 0 Å². The van der Waals surface area contributed by atoms with E-state index in [4.69, 9.17) is 0 Å². The zero-order valence-corrected chi connectivity index (χ0v) is 11.4. The second-order valence-corrected chi connectivity index (χ2v) is 5.32. The lowest BCUT2D eigenvalue weighted by atomic mass is 10.1. The van der Waals surface area contributed by atoms with Crippen molar-refractivity contribution in [2.75, 3.05) is 13.6 Å². The molecule has 1 aromatic rings. The molecule has 0 radical (unpaired) electrons.